The van der Waals surface area contributed by atoms with E-state index in [9.17, 15) is 5.11 Å². The van der Waals surface area contributed by atoms with E-state index in [0.29, 0.717) is 5.69 Å². The maximum atomic E-state index is 9.73. The van der Waals surface area contributed by atoms with Gasteiger partial charge in [0, 0.05) is 15.3 Å². The molecule has 104 valence electrons. The van der Waals surface area contributed by atoms with Crippen LogP contribution < -0.4 is 10.6 Å². The van der Waals surface area contributed by atoms with Crippen molar-refractivity contribution in [1.29, 1.82) is 5.41 Å². The third kappa shape index (κ3) is 3.75. The molecule has 0 aliphatic rings. The number of hydrogen-bond acceptors (Lipinski definition) is 2. The molecule has 0 aliphatic heterocycles. The van der Waals surface area contributed by atoms with Crippen LogP contribution in [0.5, 0.6) is 5.75 Å². The molecule has 0 unspecified atom stereocenters. The summed E-state index contributed by atoms with van der Waals surface area (Å²) in [5.74, 6) is 0.370. The van der Waals surface area contributed by atoms with Gasteiger partial charge in [0.05, 0.1) is 9.26 Å². The Morgan fingerprint density at radius 2 is 1.70 bits per heavy atom. The molecule has 20 heavy (non-hydrogen) atoms. The average Bonchev–Trinajstić information content (AvgIpc) is 2.39. The van der Waals surface area contributed by atoms with E-state index in [2.05, 4.69) is 55.8 Å². The fourth-order valence-electron chi connectivity index (χ4n) is 1.65. The van der Waals surface area contributed by atoms with E-state index in [4.69, 9.17) is 5.41 Å². The Morgan fingerprint density at radius 1 is 1.05 bits per heavy atom. The van der Waals surface area contributed by atoms with E-state index in [1.807, 2.05) is 37.3 Å². The van der Waals surface area contributed by atoms with Gasteiger partial charge in [0.1, 0.15) is 5.75 Å². The van der Waals surface area contributed by atoms with Crippen LogP contribution in [0.2, 0.25) is 0 Å². The molecule has 0 radical (unpaired) electrons. The fourth-order valence-corrected chi connectivity index (χ4v) is 3.31. The molecule has 2 aromatic rings. The average molecular weight is 493 g/mol. The van der Waals surface area contributed by atoms with Crippen molar-refractivity contribution in [1.82, 2.24) is 0 Å². The molecule has 0 amide bonds. The van der Waals surface area contributed by atoms with E-state index >= 15 is 0 Å². The predicted octanol–water partition coefficient (Wildman–Crippen LogP) is 4.37. The number of phenols is 1. The van der Waals surface area contributed by atoms with Gasteiger partial charge in [0.25, 0.3) is 0 Å². The topological polar surface area (TPSA) is 68.1 Å². The zero-order valence-corrected chi connectivity index (χ0v) is 15.0. The first kappa shape index (κ1) is 15.4. The summed E-state index contributed by atoms with van der Waals surface area (Å²) in [6, 6.07) is 11.3. The van der Waals surface area contributed by atoms with Crippen LogP contribution in [0.15, 0.2) is 36.4 Å². The summed E-state index contributed by atoms with van der Waals surface area (Å²) in [4.78, 5) is 0. The van der Waals surface area contributed by atoms with Crippen LogP contribution in [-0.4, -0.2) is 11.1 Å². The molecule has 0 saturated heterocycles. The highest BCUT2D eigenvalue weighted by Crippen LogP contribution is 2.28. The molecular weight excluding hydrogens is 480 g/mol. The van der Waals surface area contributed by atoms with Crippen LogP contribution in [0.1, 0.15) is 5.56 Å². The molecule has 4 N–H and O–H groups in total. The third-order valence-corrected chi connectivity index (χ3v) is 4.46. The molecule has 2 rings (SSSR count). The molecule has 0 heterocycles. The van der Waals surface area contributed by atoms with Crippen LogP contribution in [-0.2, 0) is 0 Å². The Morgan fingerprint density at radius 3 is 2.40 bits per heavy atom. The number of aryl methyl sites for hydroxylation is 1. The summed E-state index contributed by atoms with van der Waals surface area (Å²) in [5, 5.41) is 23.7. The molecule has 0 spiro atoms. The van der Waals surface area contributed by atoms with Crippen molar-refractivity contribution in [2.75, 3.05) is 10.6 Å². The highest BCUT2D eigenvalue weighted by atomic mass is 127. The second-order valence-electron chi connectivity index (χ2n) is 4.22. The Kier molecular flexibility index (Phi) is 5.08. The van der Waals surface area contributed by atoms with Crippen LogP contribution >= 0.6 is 45.2 Å². The van der Waals surface area contributed by atoms with Crippen LogP contribution in [0, 0.1) is 19.5 Å². The lowest BCUT2D eigenvalue weighted by Crippen LogP contribution is -2.21. The number of nitrogens with one attached hydrogen (secondary N) is 3. The van der Waals surface area contributed by atoms with Gasteiger partial charge in [-0.1, -0.05) is 18.2 Å². The van der Waals surface area contributed by atoms with Crippen LogP contribution in [0.4, 0.5) is 11.4 Å². The summed E-state index contributed by atoms with van der Waals surface area (Å²) >= 11 is 4.24. The number of anilines is 2. The van der Waals surface area contributed by atoms with Gasteiger partial charge in [-0.15, -0.1) is 0 Å². The lowest BCUT2D eigenvalue weighted by atomic mass is 10.2. The molecule has 0 aliphatic carbocycles. The summed E-state index contributed by atoms with van der Waals surface area (Å²) < 4.78 is 1.73. The SMILES string of the molecule is Cc1ccccc1NC(=N)Nc1cc(O)c(I)cc1I. The molecule has 6 heteroatoms. The van der Waals surface area contributed by atoms with Gasteiger partial charge < -0.3 is 15.7 Å². The van der Waals surface area contributed by atoms with E-state index < -0.39 is 0 Å². The standard InChI is InChI=1S/C14H13I2N3O/c1-8-4-2-3-5-11(8)18-14(17)19-12-7-13(20)10(16)6-9(12)15/h2-7,20H,1H3,(H3,17,18,19). The first-order chi connectivity index (χ1) is 9.47. The molecule has 0 aromatic heterocycles. The monoisotopic (exact) mass is 493 g/mol. The lowest BCUT2D eigenvalue weighted by molar-refractivity contribution is 0.471. The smallest absolute Gasteiger partial charge is 0.197 e. The summed E-state index contributed by atoms with van der Waals surface area (Å²) in [6.45, 7) is 1.98. The number of phenolic OH excluding ortho intramolecular Hbond substituents is 1. The first-order valence-corrected chi connectivity index (χ1v) is 7.99. The number of aromatic hydroxyl groups is 1. The zero-order chi connectivity index (χ0) is 14.7. The van der Waals surface area contributed by atoms with Crippen LogP contribution in [0.25, 0.3) is 0 Å². The maximum absolute atomic E-state index is 9.73. The normalized spacial score (nSPS) is 10.2. The number of para-hydroxylation sites is 1. The van der Waals surface area contributed by atoms with Crippen molar-refractivity contribution in [2.24, 2.45) is 0 Å². The minimum absolute atomic E-state index is 0.165. The number of guanidine groups is 1. The van der Waals surface area contributed by atoms with Gasteiger partial charge >= 0.3 is 0 Å². The summed E-state index contributed by atoms with van der Waals surface area (Å²) in [7, 11) is 0. The van der Waals surface area contributed by atoms with Crippen molar-refractivity contribution in [3.8, 4) is 5.75 Å². The quantitative estimate of drug-likeness (QED) is 0.286. The first-order valence-electron chi connectivity index (χ1n) is 5.83. The molecule has 0 atom stereocenters. The predicted molar refractivity (Wildman–Crippen MR) is 99.7 cm³/mol. The van der Waals surface area contributed by atoms with Crippen molar-refractivity contribution < 1.29 is 5.11 Å². The van der Waals surface area contributed by atoms with E-state index in [1.54, 1.807) is 6.07 Å². The minimum atomic E-state index is 0.165. The Bertz CT molecular complexity index is 659. The molecule has 0 fully saturated rings. The molecule has 0 bridgehead atoms. The second kappa shape index (κ2) is 6.61. The van der Waals surface area contributed by atoms with E-state index in [0.717, 1.165) is 18.4 Å². The molecule has 4 nitrogen and oxygen atoms in total. The summed E-state index contributed by atoms with van der Waals surface area (Å²) in [6.07, 6.45) is 0. The minimum Gasteiger partial charge on any atom is -0.507 e. The number of rotatable bonds is 2. The highest BCUT2D eigenvalue weighted by Gasteiger charge is 2.08. The number of benzene rings is 2. The number of halogens is 2. The van der Waals surface area contributed by atoms with Gasteiger partial charge in [0.2, 0.25) is 0 Å². The zero-order valence-electron chi connectivity index (χ0n) is 10.7. The highest BCUT2D eigenvalue weighted by molar-refractivity contribution is 14.1. The second-order valence-corrected chi connectivity index (χ2v) is 6.55. The van der Waals surface area contributed by atoms with Gasteiger partial charge in [-0.25, -0.2) is 0 Å². The van der Waals surface area contributed by atoms with E-state index in [1.165, 1.54) is 0 Å². The van der Waals surface area contributed by atoms with Gasteiger partial charge in [0.15, 0.2) is 5.96 Å². The molecule has 2 aromatic carbocycles. The molecule has 0 saturated carbocycles. The Labute approximate surface area is 144 Å². The van der Waals surface area contributed by atoms with Crippen molar-refractivity contribution in [3.05, 3.63) is 49.1 Å². The summed E-state index contributed by atoms with van der Waals surface area (Å²) in [5.41, 5.74) is 2.66. The van der Waals surface area contributed by atoms with Crippen molar-refractivity contribution in [2.45, 2.75) is 6.92 Å². The fraction of sp³-hybridized carbons (Fsp3) is 0.0714. The van der Waals surface area contributed by atoms with Crippen LogP contribution in [0.3, 0.4) is 0 Å². The van der Waals surface area contributed by atoms with Crippen molar-refractivity contribution in [3.63, 3.8) is 0 Å². The maximum Gasteiger partial charge on any atom is 0.197 e. The Hall–Kier alpha value is -1.03. The van der Waals surface area contributed by atoms with Gasteiger partial charge in [-0.05, 0) is 69.8 Å². The molecular formula is C14H13I2N3O. The third-order valence-electron chi connectivity index (χ3n) is 2.70. The van der Waals surface area contributed by atoms with Crippen molar-refractivity contribution >= 4 is 62.5 Å². The van der Waals surface area contributed by atoms with E-state index in [-0.39, 0.29) is 11.7 Å². The largest absolute Gasteiger partial charge is 0.507 e. The lowest BCUT2D eigenvalue weighted by Gasteiger charge is -2.14. The van der Waals surface area contributed by atoms with Gasteiger partial charge in [-0.2, -0.15) is 0 Å². The number of hydrogen-bond donors (Lipinski definition) is 4. The Balaban J connectivity index is 2.13. The van der Waals surface area contributed by atoms with Gasteiger partial charge in [-0.3, -0.25) is 5.41 Å².